The van der Waals surface area contributed by atoms with Crippen LogP contribution in [0, 0.1) is 5.82 Å². The summed E-state index contributed by atoms with van der Waals surface area (Å²) in [5.41, 5.74) is 0.155. The molecule has 0 saturated carbocycles. The van der Waals surface area contributed by atoms with Crippen molar-refractivity contribution in [2.45, 2.75) is 5.16 Å². The lowest BCUT2D eigenvalue weighted by Gasteiger charge is -2.06. The molecule has 0 aliphatic heterocycles. The number of anilines is 1. The highest BCUT2D eigenvalue weighted by molar-refractivity contribution is 9.10. The van der Waals surface area contributed by atoms with Crippen molar-refractivity contribution >= 4 is 39.3 Å². The fraction of sp³-hybridized carbons (Fsp3) is 0.0833. The quantitative estimate of drug-likeness (QED) is 0.685. The Balaban J connectivity index is 1.91. The van der Waals surface area contributed by atoms with Crippen molar-refractivity contribution < 1.29 is 9.18 Å². The number of rotatable bonds is 4. The van der Waals surface area contributed by atoms with Crippen LogP contribution in [0.25, 0.3) is 0 Å². The SMILES string of the molecule is O=C(CSc1ncccn1)Nc1ccc(Br)cc1F. The third-order valence-corrected chi connectivity index (χ3v) is 3.45. The van der Waals surface area contributed by atoms with Crippen molar-refractivity contribution in [1.29, 1.82) is 0 Å². The Hall–Kier alpha value is -1.47. The summed E-state index contributed by atoms with van der Waals surface area (Å²) < 4.78 is 14.1. The molecule has 0 atom stereocenters. The minimum atomic E-state index is -0.483. The highest BCUT2D eigenvalue weighted by atomic mass is 79.9. The van der Waals surface area contributed by atoms with Gasteiger partial charge in [-0.25, -0.2) is 14.4 Å². The molecule has 0 aliphatic carbocycles. The minimum absolute atomic E-state index is 0.125. The van der Waals surface area contributed by atoms with Crippen LogP contribution < -0.4 is 5.32 Å². The number of halogens is 2. The summed E-state index contributed by atoms with van der Waals surface area (Å²) in [5, 5.41) is 3.00. The summed E-state index contributed by atoms with van der Waals surface area (Å²) in [6.07, 6.45) is 3.20. The predicted molar refractivity (Wildman–Crippen MR) is 75.5 cm³/mol. The summed E-state index contributed by atoms with van der Waals surface area (Å²) in [7, 11) is 0. The highest BCUT2D eigenvalue weighted by Crippen LogP contribution is 2.20. The summed E-state index contributed by atoms with van der Waals surface area (Å²) in [6.45, 7) is 0. The topological polar surface area (TPSA) is 54.9 Å². The first-order valence-electron chi connectivity index (χ1n) is 5.30. The number of carbonyl (C=O) groups is 1. The van der Waals surface area contributed by atoms with Gasteiger partial charge in [0.1, 0.15) is 5.82 Å². The molecule has 0 radical (unpaired) electrons. The van der Waals surface area contributed by atoms with Crippen molar-refractivity contribution in [3.8, 4) is 0 Å². The van der Waals surface area contributed by atoms with Gasteiger partial charge in [0, 0.05) is 16.9 Å². The summed E-state index contributed by atoms with van der Waals surface area (Å²) >= 11 is 4.34. The van der Waals surface area contributed by atoms with E-state index in [1.807, 2.05) is 0 Å². The Morgan fingerprint density at radius 3 is 2.79 bits per heavy atom. The normalized spacial score (nSPS) is 10.2. The van der Waals surface area contributed by atoms with E-state index < -0.39 is 5.82 Å². The van der Waals surface area contributed by atoms with Crippen LogP contribution in [-0.2, 0) is 4.79 Å². The number of carbonyl (C=O) groups excluding carboxylic acids is 1. The van der Waals surface area contributed by atoms with Gasteiger partial charge < -0.3 is 5.32 Å². The Morgan fingerprint density at radius 1 is 1.37 bits per heavy atom. The maximum Gasteiger partial charge on any atom is 0.234 e. The zero-order valence-corrected chi connectivity index (χ0v) is 12.0. The van der Waals surface area contributed by atoms with Crippen LogP contribution >= 0.6 is 27.7 Å². The van der Waals surface area contributed by atoms with Crippen LogP contribution in [0.5, 0.6) is 0 Å². The van der Waals surface area contributed by atoms with Crippen LogP contribution in [-0.4, -0.2) is 21.6 Å². The number of thioether (sulfide) groups is 1. The first kappa shape index (κ1) is 14.0. The van der Waals surface area contributed by atoms with Gasteiger partial charge in [0.25, 0.3) is 0 Å². The molecule has 0 aliphatic rings. The van der Waals surface area contributed by atoms with E-state index in [2.05, 4.69) is 31.2 Å². The molecule has 0 bridgehead atoms. The van der Waals surface area contributed by atoms with E-state index >= 15 is 0 Å². The van der Waals surface area contributed by atoms with Crippen molar-refractivity contribution in [2.24, 2.45) is 0 Å². The molecule has 19 heavy (non-hydrogen) atoms. The number of hydrogen-bond acceptors (Lipinski definition) is 4. The van der Waals surface area contributed by atoms with Gasteiger partial charge in [0.2, 0.25) is 5.91 Å². The lowest BCUT2D eigenvalue weighted by Crippen LogP contribution is -2.15. The Morgan fingerprint density at radius 2 is 2.11 bits per heavy atom. The standard InChI is InChI=1S/C12H9BrFN3OS/c13-8-2-3-10(9(14)6-8)17-11(18)7-19-12-15-4-1-5-16-12/h1-6H,7H2,(H,17,18). The van der Waals surface area contributed by atoms with Gasteiger partial charge in [-0.15, -0.1) is 0 Å². The monoisotopic (exact) mass is 341 g/mol. The van der Waals surface area contributed by atoms with E-state index in [0.717, 1.165) is 0 Å². The Labute approximate surface area is 122 Å². The van der Waals surface area contributed by atoms with Crippen molar-refractivity contribution in [3.63, 3.8) is 0 Å². The Kier molecular flexibility index (Phi) is 4.86. The van der Waals surface area contributed by atoms with Gasteiger partial charge in [-0.3, -0.25) is 4.79 Å². The molecule has 7 heteroatoms. The zero-order chi connectivity index (χ0) is 13.7. The predicted octanol–water partition coefficient (Wildman–Crippen LogP) is 3.11. The lowest BCUT2D eigenvalue weighted by molar-refractivity contribution is -0.113. The Bertz CT molecular complexity index is 582. The van der Waals surface area contributed by atoms with Crippen molar-refractivity contribution in [2.75, 3.05) is 11.1 Å². The minimum Gasteiger partial charge on any atom is -0.323 e. The molecular weight excluding hydrogens is 333 g/mol. The van der Waals surface area contributed by atoms with E-state index in [0.29, 0.717) is 9.63 Å². The second-order valence-corrected chi connectivity index (χ2v) is 5.35. The van der Waals surface area contributed by atoms with E-state index in [-0.39, 0.29) is 17.3 Å². The number of hydrogen-bond donors (Lipinski definition) is 1. The number of amides is 1. The number of nitrogens with zero attached hydrogens (tertiary/aromatic N) is 2. The lowest BCUT2D eigenvalue weighted by atomic mass is 10.3. The molecular formula is C12H9BrFN3OS. The van der Waals surface area contributed by atoms with E-state index in [1.54, 1.807) is 24.5 Å². The van der Waals surface area contributed by atoms with E-state index in [4.69, 9.17) is 0 Å². The average molecular weight is 342 g/mol. The third kappa shape index (κ3) is 4.29. The molecule has 1 aromatic heterocycles. The summed E-state index contributed by atoms with van der Waals surface area (Å²) in [6, 6.07) is 6.15. The second-order valence-electron chi connectivity index (χ2n) is 3.49. The van der Waals surface area contributed by atoms with Crippen LogP contribution in [0.2, 0.25) is 0 Å². The van der Waals surface area contributed by atoms with Gasteiger partial charge in [0.15, 0.2) is 5.16 Å². The van der Waals surface area contributed by atoms with Crippen LogP contribution in [0.4, 0.5) is 10.1 Å². The van der Waals surface area contributed by atoms with Gasteiger partial charge in [-0.2, -0.15) is 0 Å². The molecule has 2 aromatic rings. The molecule has 0 fully saturated rings. The third-order valence-electron chi connectivity index (χ3n) is 2.08. The maximum absolute atomic E-state index is 13.5. The fourth-order valence-corrected chi connectivity index (χ4v) is 2.20. The molecule has 98 valence electrons. The van der Waals surface area contributed by atoms with Crippen molar-refractivity contribution in [3.05, 3.63) is 46.9 Å². The average Bonchev–Trinajstić information content (AvgIpc) is 2.41. The van der Waals surface area contributed by atoms with Gasteiger partial charge in [-0.1, -0.05) is 27.7 Å². The van der Waals surface area contributed by atoms with Gasteiger partial charge in [0.05, 0.1) is 11.4 Å². The molecule has 0 unspecified atom stereocenters. The number of aromatic nitrogens is 2. The van der Waals surface area contributed by atoms with E-state index in [1.165, 1.54) is 23.9 Å². The first-order valence-corrected chi connectivity index (χ1v) is 7.08. The van der Waals surface area contributed by atoms with E-state index in [9.17, 15) is 9.18 Å². The van der Waals surface area contributed by atoms with Crippen LogP contribution in [0.15, 0.2) is 46.3 Å². The largest absolute Gasteiger partial charge is 0.323 e. The fourth-order valence-electron chi connectivity index (χ4n) is 1.27. The molecule has 1 N–H and O–H groups in total. The van der Waals surface area contributed by atoms with Crippen LogP contribution in [0.1, 0.15) is 0 Å². The first-order chi connectivity index (χ1) is 9.15. The summed E-state index contributed by atoms with van der Waals surface area (Å²) in [5.74, 6) is -0.665. The molecule has 1 heterocycles. The van der Waals surface area contributed by atoms with Gasteiger partial charge in [-0.05, 0) is 24.3 Å². The maximum atomic E-state index is 13.5. The number of benzene rings is 1. The molecule has 2 rings (SSSR count). The summed E-state index contributed by atoms with van der Waals surface area (Å²) in [4.78, 5) is 19.6. The zero-order valence-electron chi connectivity index (χ0n) is 9.64. The smallest absolute Gasteiger partial charge is 0.234 e. The second kappa shape index (κ2) is 6.63. The molecule has 1 amide bonds. The van der Waals surface area contributed by atoms with Crippen molar-refractivity contribution in [1.82, 2.24) is 9.97 Å². The highest BCUT2D eigenvalue weighted by Gasteiger charge is 2.08. The van der Waals surface area contributed by atoms with Crippen LogP contribution in [0.3, 0.4) is 0 Å². The molecule has 0 spiro atoms. The van der Waals surface area contributed by atoms with Gasteiger partial charge >= 0.3 is 0 Å². The molecule has 1 aromatic carbocycles. The molecule has 4 nitrogen and oxygen atoms in total. The number of nitrogens with one attached hydrogen (secondary N) is 1. The molecule has 0 saturated heterocycles.